The van der Waals surface area contributed by atoms with Crippen LogP contribution in [0.15, 0.2) is 18.6 Å². The van der Waals surface area contributed by atoms with E-state index in [1.54, 1.807) is 6.92 Å². The van der Waals surface area contributed by atoms with Crippen molar-refractivity contribution in [2.45, 2.75) is 13.3 Å². The molecule has 0 amide bonds. The highest BCUT2D eigenvalue weighted by Crippen LogP contribution is 2.30. The van der Waals surface area contributed by atoms with Gasteiger partial charge in [0.1, 0.15) is 5.69 Å². The van der Waals surface area contributed by atoms with Crippen LogP contribution in [-0.4, -0.2) is 24.7 Å². The normalized spacial score (nSPS) is 10.5. The van der Waals surface area contributed by atoms with Gasteiger partial charge < -0.3 is 0 Å². The molecule has 7 nitrogen and oxygen atoms in total. The molecule has 0 atom stereocenters. The summed E-state index contributed by atoms with van der Waals surface area (Å²) in [6.45, 7) is 1.77. The number of rotatable bonds is 3. The van der Waals surface area contributed by atoms with Crippen LogP contribution in [-0.2, 0) is 6.42 Å². The lowest BCUT2D eigenvalue weighted by Crippen LogP contribution is -2.00. The average molecular weight is 254 g/mol. The molecular formula is C9H8ClN5O2. The number of hydrogen-bond acceptors (Lipinski definition) is 5. The van der Waals surface area contributed by atoms with E-state index in [0.29, 0.717) is 17.9 Å². The largest absolute Gasteiger partial charge is 0.329 e. The number of aryl methyl sites for hydroxylation is 1. The summed E-state index contributed by atoms with van der Waals surface area (Å²) < 4.78 is 1.21. The highest BCUT2D eigenvalue weighted by Gasteiger charge is 2.26. The van der Waals surface area contributed by atoms with E-state index in [0.717, 1.165) is 0 Å². The van der Waals surface area contributed by atoms with Crippen molar-refractivity contribution < 1.29 is 4.92 Å². The van der Waals surface area contributed by atoms with E-state index in [2.05, 4.69) is 15.1 Å². The molecule has 0 unspecified atom stereocenters. The van der Waals surface area contributed by atoms with E-state index in [-0.39, 0.29) is 10.8 Å². The number of nitro groups is 1. The molecule has 2 rings (SSSR count). The van der Waals surface area contributed by atoms with Crippen molar-refractivity contribution >= 4 is 17.3 Å². The molecule has 0 spiro atoms. The Morgan fingerprint density at radius 3 is 2.76 bits per heavy atom. The summed E-state index contributed by atoms with van der Waals surface area (Å²) in [7, 11) is 0. The molecule has 0 saturated heterocycles. The number of nitrogens with zero attached hydrogens (tertiary/aromatic N) is 5. The van der Waals surface area contributed by atoms with Gasteiger partial charge in [0, 0.05) is 12.4 Å². The van der Waals surface area contributed by atoms with E-state index in [1.807, 2.05) is 0 Å². The zero-order valence-electron chi connectivity index (χ0n) is 8.87. The summed E-state index contributed by atoms with van der Waals surface area (Å²) in [4.78, 5) is 18.2. The standard InChI is InChI=1S/C9H8ClN5O2/c1-2-6-8(15(16)17)9(10)14(13-6)7-5-11-3-4-12-7/h3-5H,2H2,1H3. The third-order valence-electron chi connectivity index (χ3n) is 2.16. The Morgan fingerprint density at radius 1 is 1.53 bits per heavy atom. The van der Waals surface area contributed by atoms with Gasteiger partial charge in [-0.2, -0.15) is 9.78 Å². The second kappa shape index (κ2) is 4.46. The molecule has 0 bridgehead atoms. The van der Waals surface area contributed by atoms with Gasteiger partial charge in [-0.1, -0.05) is 18.5 Å². The lowest BCUT2D eigenvalue weighted by molar-refractivity contribution is -0.385. The maximum Gasteiger partial charge on any atom is 0.329 e. The summed E-state index contributed by atoms with van der Waals surface area (Å²) >= 11 is 5.93. The number of aromatic nitrogens is 4. The lowest BCUT2D eigenvalue weighted by Gasteiger charge is -1.98. The highest BCUT2D eigenvalue weighted by molar-refractivity contribution is 6.32. The Morgan fingerprint density at radius 2 is 2.29 bits per heavy atom. The Balaban J connectivity index is 2.61. The van der Waals surface area contributed by atoms with Crippen LogP contribution in [0.1, 0.15) is 12.6 Å². The Kier molecular flexibility index (Phi) is 3.01. The van der Waals surface area contributed by atoms with Crippen LogP contribution in [0.25, 0.3) is 5.82 Å². The smallest absolute Gasteiger partial charge is 0.259 e. The molecule has 0 fully saturated rings. The summed E-state index contributed by atoms with van der Waals surface area (Å²) in [5, 5.41) is 14.9. The zero-order chi connectivity index (χ0) is 12.4. The Labute approximate surface area is 101 Å². The molecule has 0 aliphatic heterocycles. The minimum atomic E-state index is -0.541. The van der Waals surface area contributed by atoms with Crippen LogP contribution >= 0.6 is 11.6 Å². The molecule has 0 N–H and O–H groups in total. The molecule has 0 aliphatic rings. The van der Waals surface area contributed by atoms with Gasteiger partial charge in [-0.15, -0.1) is 0 Å². The fourth-order valence-corrected chi connectivity index (χ4v) is 1.71. The zero-order valence-corrected chi connectivity index (χ0v) is 9.63. The van der Waals surface area contributed by atoms with Crippen LogP contribution in [0, 0.1) is 10.1 Å². The molecule has 2 aromatic rings. The molecule has 0 aliphatic carbocycles. The second-order valence-electron chi connectivity index (χ2n) is 3.17. The van der Waals surface area contributed by atoms with Crippen molar-refractivity contribution in [3.63, 3.8) is 0 Å². The van der Waals surface area contributed by atoms with E-state index >= 15 is 0 Å². The van der Waals surface area contributed by atoms with Gasteiger partial charge in [0.2, 0.25) is 5.15 Å². The SMILES string of the molecule is CCc1nn(-c2cnccn2)c(Cl)c1[N+](=O)[O-]. The monoisotopic (exact) mass is 253 g/mol. The van der Waals surface area contributed by atoms with Gasteiger partial charge >= 0.3 is 5.69 Å². The molecule has 8 heteroatoms. The molecule has 88 valence electrons. The third-order valence-corrected chi connectivity index (χ3v) is 2.50. The van der Waals surface area contributed by atoms with Crippen LogP contribution in [0.4, 0.5) is 5.69 Å². The van der Waals surface area contributed by atoms with Crippen molar-refractivity contribution in [2.24, 2.45) is 0 Å². The molecule has 2 aromatic heterocycles. The minimum absolute atomic E-state index is 0.0626. The number of halogens is 1. The van der Waals surface area contributed by atoms with Crippen molar-refractivity contribution in [2.75, 3.05) is 0 Å². The first-order valence-electron chi connectivity index (χ1n) is 4.83. The molecule has 2 heterocycles. The first-order chi connectivity index (χ1) is 8.15. The summed E-state index contributed by atoms with van der Waals surface area (Å²) in [5.41, 5.74) is 0.144. The fourth-order valence-electron chi connectivity index (χ4n) is 1.40. The molecule has 17 heavy (non-hydrogen) atoms. The average Bonchev–Trinajstić information content (AvgIpc) is 2.67. The van der Waals surface area contributed by atoms with Gasteiger partial charge in [-0.3, -0.25) is 15.1 Å². The molecule has 0 radical (unpaired) electrons. The predicted molar refractivity (Wildman–Crippen MR) is 60.2 cm³/mol. The van der Waals surface area contributed by atoms with E-state index in [4.69, 9.17) is 11.6 Å². The fraction of sp³-hybridized carbons (Fsp3) is 0.222. The minimum Gasteiger partial charge on any atom is -0.259 e. The first kappa shape index (κ1) is 11.5. The molecule has 0 aromatic carbocycles. The molecular weight excluding hydrogens is 246 g/mol. The maximum atomic E-state index is 10.9. The second-order valence-corrected chi connectivity index (χ2v) is 3.53. The van der Waals surface area contributed by atoms with Crippen molar-refractivity contribution in [1.82, 2.24) is 19.7 Å². The van der Waals surface area contributed by atoms with Gasteiger partial charge in [0.05, 0.1) is 11.1 Å². The first-order valence-corrected chi connectivity index (χ1v) is 5.21. The van der Waals surface area contributed by atoms with Crippen LogP contribution < -0.4 is 0 Å². The van der Waals surface area contributed by atoms with E-state index in [1.165, 1.54) is 23.3 Å². The Bertz CT molecular complexity index is 554. The van der Waals surface area contributed by atoms with E-state index in [9.17, 15) is 10.1 Å². The third kappa shape index (κ3) is 1.96. The van der Waals surface area contributed by atoms with Gasteiger partial charge in [0.25, 0.3) is 0 Å². The van der Waals surface area contributed by atoms with Gasteiger partial charge in [-0.25, -0.2) is 4.98 Å². The Hall–Kier alpha value is -2.02. The molecule has 0 saturated carbocycles. The van der Waals surface area contributed by atoms with Crippen LogP contribution in [0.3, 0.4) is 0 Å². The topological polar surface area (TPSA) is 86.7 Å². The maximum absolute atomic E-state index is 10.9. The van der Waals surface area contributed by atoms with Crippen molar-refractivity contribution in [3.05, 3.63) is 39.6 Å². The van der Waals surface area contributed by atoms with Crippen LogP contribution in [0.2, 0.25) is 5.15 Å². The number of hydrogen-bond donors (Lipinski definition) is 0. The van der Waals surface area contributed by atoms with Gasteiger partial charge in [0.15, 0.2) is 5.82 Å². The van der Waals surface area contributed by atoms with Crippen LogP contribution in [0.5, 0.6) is 0 Å². The summed E-state index contributed by atoms with van der Waals surface area (Å²) in [6.07, 6.45) is 4.81. The highest BCUT2D eigenvalue weighted by atomic mass is 35.5. The summed E-state index contributed by atoms with van der Waals surface area (Å²) in [5.74, 6) is 0.348. The lowest BCUT2D eigenvalue weighted by atomic mass is 10.3. The van der Waals surface area contributed by atoms with E-state index < -0.39 is 4.92 Å². The quantitative estimate of drug-likeness (QED) is 0.615. The van der Waals surface area contributed by atoms with Crippen molar-refractivity contribution in [1.29, 1.82) is 0 Å². The van der Waals surface area contributed by atoms with Gasteiger partial charge in [-0.05, 0) is 6.42 Å². The predicted octanol–water partition coefficient (Wildman–Crippen LogP) is 1.79. The van der Waals surface area contributed by atoms with Crippen molar-refractivity contribution in [3.8, 4) is 5.82 Å². The summed E-state index contributed by atoms with van der Waals surface area (Å²) in [6, 6.07) is 0.